The lowest BCUT2D eigenvalue weighted by Crippen LogP contribution is -2.19. The van der Waals surface area contributed by atoms with E-state index in [-0.39, 0.29) is 6.61 Å². The van der Waals surface area contributed by atoms with Crippen LogP contribution >= 0.6 is 0 Å². The lowest BCUT2D eigenvalue weighted by atomic mass is 10.2. The molecule has 0 aromatic heterocycles. The Balaban J connectivity index is 2.54. The summed E-state index contributed by atoms with van der Waals surface area (Å²) >= 11 is 0. The van der Waals surface area contributed by atoms with Crippen LogP contribution in [0.2, 0.25) is 0 Å². The van der Waals surface area contributed by atoms with Crippen LogP contribution in [-0.2, 0) is 9.53 Å². The summed E-state index contributed by atoms with van der Waals surface area (Å²) in [4.78, 5) is 11.2. The lowest BCUT2D eigenvalue weighted by Gasteiger charge is -2.08. The fourth-order valence-electron chi connectivity index (χ4n) is 1.08. The highest BCUT2D eigenvalue weighted by atomic mass is 16.6. The van der Waals surface area contributed by atoms with Gasteiger partial charge in [0.25, 0.3) is 0 Å². The second kappa shape index (κ2) is 6.14. The molecule has 0 spiro atoms. The second-order valence-corrected chi connectivity index (χ2v) is 3.16. The van der Waals surface area contributed by atoms with Crippen molar-refractivity contribution in [1.82, 2.24) is 0 Å². The minimum atomic E-state index is -0.808. The maximum Gasteiger partial charge on any atom is 0.345 e. The molecule has 0 radical (unpaired) electrons. The number of benzene rings is 1. The Morgan fingerprint density at radius 3 is 2.76 bits per heavy atom. The Morgan fingerprint density at radius 2 is 2.12 bits per heavy atom. The third kappa shape index (κ3) is 3.84. The van der Waals surface area contributed by atoms with Crippen molar-refractivity contribution in [2.45, 2.75) is 13.0 Å². The third-order valence-electron chi connectivity index (χ3n) is 1.84. The van der Waals surface area contributed by atoms with E-state index in [2.05, 4.69) is 4.74 Å². The van der Waals surface area contributed by atoms with Crippen LogP contribution in [0.15, 0.2) is 24.3 Å². The van der Waals surface area contributed by atoms with Gasteiger partial charge in [0, 0.05) is 0 Å². The summed E-state index contributed by atoms with van der Waals surface area (Å²) < 4.78 is 9.82. The Bertz CT molecular complexity index is 485. The zero-order valence-corrected chi connectivity index (χ0v) is 9.21. The average molecular weight is 230 g/mol. The number of hydrogen-bond donors (Lipinski definition) is 0. The molecule has 1 atom stereocenters. The van der Waals surface area contributed by atoms with Crippen LogP contribution in [0.1, 0.15) is 12.5 Å². The molecule has 1 rings (SSSR count). The molecule has 0 aliphatic carbocycles. The first-order valence-corrected chi connectivity index (χ1v) is 4.88. The fraction of sp³-hybridized carbons (Fsp3) is 0.250. The molecule has 0 amide bonds. The smallest absolute Gasteiger partial charge is 0.345 e. The van der Waals surface area contributed by atoms with Crippen molar-refractivity contribution < 1.29 is 14.3 Å². The number of nitriles is 2. The molecular formula is C12H10N2O3. The van der Waals surface area contributed by atoms with E-state index >= 15 is 0 Å². The predicted octanol–water partition coefficient (Wildman–Crippen LogP) is 1.39. The molecule has 0 fully saturated rings. The predicted molar refractivity (Wildman–Crippen MR) is 57.8 cm³/mol. The quantitative estimate of drug-likeness (QED) is 0.730. The van der Waals surface area contributed by atoms with E-state index in [0.29, 0.717) is 11.3 Å². The number of carbonyl (C=O) groups is 1. The van der Waals surface area contributed by atoms with Gasteiger partial charge >= 0.3 is 5.97 Å². The van der Waals surface area contributed by atoms with Crippen molar-refractivity contribution in [3.63, 3.8) is 0 Å². The minimum absolute atomic E-state index is 0.316. The lowest BCUT2D eigenvalue weighted by molar-refractivity contribution is -0.148. The molecule has 1 aromatic carbocycles. The molecule has 0 N–H and O–H groups in total. The molecule has 5 nitrogen and oxygen atoms in total. The van der Waals surface area contributed by atoms with Crippen molar-refractivity contribution in [2.24, 2.45) is 0 Å². The highest BCUT2D eigenvalue weighted by Crippen LogP contribution is 2.16. The molecule has 0 aliphatic rings. The van der Waals surface area contributed by atoms with E-state index in [9.17, 15) is 4.79 Å². The maximum atomic E-state index is 11.2. The molecular weight excluding hydrogens is 220 g/mol. The third-order valence-corrected chi connectivity index (χ3v) is 1.84. The largest absolute Gasteiger partial charge is 0.481 e. The zero-order valence-electron chi connectivity index (χ0n) is 9.21. The monoisotopic (exact) mass is 230 g/mol. The van der Waals surface area contributed by atoms with Crippen LogP contribution in [0, 0.1) is 22.7 Å². The summed E-state index contributed by atoms with van der Waals surface area (Å²) in [7, 11) is 0. The van der Waals surface area contributed by atoms with Crippen molar-refractivity contribution in [2.75, 3.05) is 6.61 Å². The summed E-state index contributed by atoms with van der Waals surface area (Å²) in [5.41, 5.74) is 0.341. The van der Waals surface area contributed by atoms with Crippen LogP contribution in [0.25, 0.3) is 0 Å². The Hall–Kier alpha value is -2.53. The van der Waals surface area contributed by atoms with Gasteiger partial charge in [0.05, 0.1) is 5.56 Å². The number of esters is 1. The maximum absolute atomic E-state index is 11.2. The summed E-state index contributed by atoms with van der Waals surface area (Å²) in [5.74, 6) is -0.330. The molecule has 0 saturated carbocycles. The van der Waals surface area contributed by atoms with Crippen LogP contribution < -0.4 is 4.74 Å². The average Bonchev–Trinajstić information content (AvgIpc) is 2.36. The van der Waals surface area contributed by atoms with Crippen LogP contribution in [-0.4, -0.2) is 18.7 Å². The molecule has 0 saturated heterocycles. The SMILES string of the molecule is C[C@@H](C#N)OC(=O)COc1ccccc1C#N. The molecule has 86 valence electrons. The molecule has 0 aliphatic heterocycles. The first kappa shape index (κ1) is 12.5. The summed E-state index contributed by atoms with van der Waals surface area (Å²) in [5, 5.41) is 17.2. The number of hydrogen-bond acceptors (Lipinski definition) is 5. The number of ether oxygens (including phenoxy) is 2. The van der Waals surface area contributed by atoms with Gasteiger partial charge in [0.15, 0.2) is 12.7 Å². The topological polar surface area (TPSA) is 83.1 Å². The van der Waals surface area contributed by atoms with Gasteiger partial charge < -0.3 is 9.47 Å². The van der Waals surface area contributed by atoms with Crippen molar-refractivity contribution in [3.05, 3.63) is 29.8 Å². The van der Waals surface area contributed by atoms with Crippen molar-refractivity contribution in [3.8, 4) is 17.9 Å². The minimum Gasteiger partial charge on any atom is -0.481 e. The second-order valence-electron chi connectivity index (χ2n) is 3.16. The molecule has 1 aromatic rings. The first-order chi connectivity index (χ1) is 8.17. The molecule has 5 heteroatoms. The summed E-state index contributed by atoms with van der Waals surface area (Å²) in [6.07, 6.45) is -0.808. The number of carbonyl (C=O) groups excluding carboxylic acids is 1. The first-order valence-electron chi connectivity index (χ1n) is 4.88. The highest BCUT2D eigenvalue weighted by Gasteiger charge is 2.10. The van der Waals surface area contributed by atoms with Gasteiger partial charge in [-0.15, -0.1) is 0 Å². The van der Waals surface area contributed by atoms with Crippen molar-refractivity contribution >= 4 is 5.97 Å². The van der Waals surface area contributed by atoms with E-state index in [0.717, 1.165) is 0 Å². The Morgan fingerprint density at radius 1 is 1.41 bits per heavy atom. The van der Waals surface area contributed by atoms with Crippen molar-refractivity contribution in [1.29, 1.82) is 10.5 Å². The van der Waals surface area contributed by atoms with Gasteiger partial charge in [0.1, 0.15) is 17.9 Å². The van der Waals surface area contributed by atoms with Gasteiger partial charge in [-0.05, 0) is 19.1 Å². The van der Waals surface area contributed by atoms with Gasteiger partial charge in [-0.1, -0.05) is 12.1 Å². The standard InChI is InChI=1S/C12H10N2O3/c1-9(6-13)17-12(15)8-16-11-5-3-2-4-10(11)7-14/h2-5,9H,8H2,1H3/t9-/m0/s1. The van der Waals surface area contributed by atoms with Crippen LogP contribution in [0.3, 0.4) is 0 Å². The van der Waals surface area contributed by atoms with Gasteiger partial charge in [0.2, 0.25) is 0 Å². The van der Waals surface area contributed by atoms with Crippen LogP contribution in [0.5, 0.6) is 5.75 Å². The molecule has 0 unspecified atom stereocenters. The van der Waals surface area contributed by atoms with E-state index in [1.807, 2.05) is 6.07 Å². The summed E-state index contributed by atoms with van der Waals surface area (Å²) in [6, 6.07) is 10.3. The van der Waals surface area contributed by atoms with E-state index in [1.54, 1.807) is 30.3 Å². The van der Waals surface area contributed by atoms with Gasteiger partial charge in [-0.3, -0.25) is 0 Å². The highest BCUT2D eigenvalue weighted by molar-refractivity contribution is 5.71. The van der Waals surface area contributed by atoms with Crippen LogP contribution in [0.4, 0.5) is 0 Å². The Kier molecular flexibility index (Phi) is 4.53. The van der Waals surface area contributed by atoms with E-state index in [4.69, 9.17) is 15.3 Å². The fourth-order valence-corrected chi connectivity index (χ4v) is 1.08. The van der Waals surface area contributed by atoms with Gasteiger partial charge in [-0.25, -0.2) is 4.79 Å². The van der Waals surface area contributed by atoms with E-state index < -0.39 is 12.1 Å². The zero-order chi connectivity index (χ0) is 12.7. The number of para-hydroxylation sites is 1. The number of rotatable bonds is 4. The molecule has 0 bridgehead atoms. The summed E-state index contributed by atoms with van der Waals surface area (Å²) in [6.45, 7) is 1.13. The Labute approximate surface area is 98.8 Å². The molecule has 0 heterocycles. The normalized spacial score (nSPS) is 10.8. The van der Waals surface area contributed by atoms with Gasteiger partial charge in [-0.2, -0.15) is 10.5 Å². The molecule has 17 heavy (non-hydrogen) atoms. The van der Waals surface area contributed by atoms with E-state index in [1.165, 1.54) is 6.92 Å². The number of nitrogens with zero attached hydrogens (tertiary/aromatic N) is 2.